The van der Waals surface area contributed by atoms with Crippen LogP contribution in [0.15, 0.2) is 6.20 Å². The molecule has 0 spiro atoms. The second-order valence-electron chi connectivity index (χ2n) is 4.32. The number of fused-ring (bicyclic) bond motifs is 1. The summed E-state index contributed by atoms with van der Waals surface area (Å²) in [6.45, 7) is 4.94. The zero-order valence-corrected chi connectivity index (χ0v) is 8.79. The van der Waals surface area contributed by atoms with Crippen LogP contribution in [0.4, 0.5) is 0 Å². The zero-order chi connectivity index (χ0) is 10.2. The van der Waals surface area contributed by atoms with E-state index >= 15 is 0 Å². The van der Waals surface area contributed by atoms with E-state index in [1.165, 1.54) is 12.8 Å². The molecular weight excluding hydrogens is 178 g/mol. The van der Waals surface area contributed by atoms with Crippen LogP contribution in [-0.4, -0.2) is 9.55 Å². The van der Waals surface area contributed by atoms with Crippen LogP contribution in [0, 0.1) is 0 Å². The predicted molar refractivity (Wildman–Crippen MR) is 53.5 cm³/mol. The van der Waals surface area contributed by atoms with Crippen LogP contribution in [0.1, 0.15) is 38.2 Å². The number of hydrogen-bond acceptors (Lipinski definition) is 3. The average Bonchev–Trinajstić information content (AvgIpc) is 2.61. The SMILES string of the molecule is CC(C)(ON)c1cn2c(n1)CCCC2. The summed E-state index contributed by atoms with van der Waals surface area (Å²) in [5, 5.41) is 0. The summed E-state index contributed by atoms with van der Waals surface area (Å²) in [4.78, 5) is 9.48. The normalized spacial score (nSPS) is 16.8. The molecule has 4 heteroatoms. The molecule has 1 aliphatic rings. The van der Waals surface area contributed by atoms with Crippen molar-refractivity contribution in [2.24, 2.45) is 5.90 Å². The number of aryl methyl sites for hydroxylation is 2. The van der Waals surface area contributed by atoms with Crippen molar-refractivity contribution < 1.29 is 4.84 Å². The maximum atomic E-state index is 5.25. The zero-order valence-electron chi connectivity index (χ0n) is 8.79. The highest BCUT2D eigenvalue weighted by atomic mass is 16.6. The van der Waals surface area contributed by atoms with Crippen molar-refractivity contribution in [2.75, 3.05) is 0 Å². The van der Waals surface area contributed by atoms with Crippen LogP contribution in [0.5, 0.6) is 0 Å². The largest absolute Gasteiger partial charge is 0.335 e. The summed E-state index contributed by atoms with van der Waals surface area (Å²) in [5.74, 6) is 6.41. The van der Waals surface area contributed by atoms with Gasteiger partial charge in [-0.25, -0.2) is 10.9 Å². The smallest absolute Gasteiger partial charge is 0.127 e. The van der Waals surface area contributed by atoms with Crippen LogP contribution in [-0.2, 0) is 23.4 Å². The minimum absolute atomic E-state index is 0.482. The Labute approximate surface area is 84.0 Å². The molecule has 2 N–H and O–H groups in total. The molecule has 2 heterocycles. The molecule has 0 fully saturated rings. The second kappa shape index (κ2) is 3.37. The van der Waals surface area contributed by atoms with Crippen molar-refractivity contribution in [1.82, 2.24) is 9.55 Å². The molecule has 0 aromatic carbocycles. The van der Waals surface area contributed by atoms with E-state index in [2.05, 4.69) is 15.7 Å². The Hall–Kier alpha value is -0.870. The van der Waals surface area contributed by atoms with Crippen molar-refractivity contribution in [1.29, 1.82) is 0 Å². The highest BCUT2D eigenvalue weighted by Gasteiger charge is 2.25. The second-order valence-corrected chi connectivity index (χ2v) is 4.32. The lowest BCUT2D eigenvalue weighted by atomic mass is 10.1. The number of imidazole rings is 1. The molecule has 0 atom stereocenters. The van der Waals surface area contributed by atoms with Crippen molar-refractivity contribution in [3.63, 3.8) is 0 Å². The van der Waals surface area contributed by atoms with Crippen molar-refractivity contribution in [3.8, 4) is 0 Å². The lowest BCUT2D eigenvalue weighted by Gasteiger charge is -2.18. The average molecular weight is 195 g/mol. The van der Waals surface area contributed by atoms with Gasteiger partial charge in [-0.3, -0.25) is 4.84 Å². The molecule has 0 saturated heterocycles. The standard InChI is InChI=1S/C10H17N3O/c1-10(2,14-11)8-7-13-6-4-3-5-9(13)12-8/h7H,3-6,11H2,1-2H3. The van der Waals surface area contributed by atoms with E-state index in [0.717, 1.165) is 24.5 Å². The van der Waals surface area contributed by atoms with Gasteiger partial charge in [0.25, 0.3) is 0 Å². The lowest BCUT2D eigenvalue weighted by Crippen LogP contribution is -2.25. The first-order valence-corrected chi connectivity index (χ1v) is 5.08. The van der Waals surface area contributed by atoms with Gasteiger partial charge >= 0.3 is 0 Å². The molecule has 4 nitrogen and oxygen atoms in total. The Kier molecular flexibility index (Phi) is 2.33. The van der Waals surface area contributed by atoms with Gasteiger partial charge in [-0.05, 0) is 26.7 Å². The summed E-state index contributed by atoms with van der Waals surface area (Å²) >= 11 is 0. The van der Waals surface area contributed by atoms with E-state index in [1.807, 2.05) is 13.8 Å². The molecule has 0 radical (unpaired) electrons. The number of nitrogens with zero attached hydrogens (tertiary/aromatic N) is 2. The van der Waals surface area contributed by atoms with Gasteiger partial charge in [-0.15, -0.1) is 0 Å². The molecule has 0 bridgehead atoms. The van der Waals surface area contributed by atoms with Gasteiger partial charge in [-0.2, -0.15) is 0 Å². The van der Waals surface area contributed by atoms with Crippen LogP contribution in [0.3, 0.4) is 0 Å². The molecule has 2 rings (SSSR count). The number of hydrogen-bond donors (Lipinski definition) is 1. The number of aromatic nitrogens is 2. The molecule has 0 aliphatic carbocycles. The topological polar surface area (TPSA) is 53.1 Å². The van der Waals surface area contributed by atoms with Gasteiger partial charge in [0, 0.05) is 19.2 Å². The summed E-state index contributed by atoms with van der Waals surface area (Å²) in [5.41, 5.74) is 0.446. The van der Waals surface area contributed by atoms with Crippen LogP contribution < -0.4 is 5.90 Å². The number of nitrogens with two attached hydrogens (primary N) is 1. The molecule has 14 heavy (non-hydrogen) atoms. The predicted octanol–water partition coefficient (Wildman–Crippen LogP) is 1.34. The first kappa shape index (κ1) is 9.68. The summed E-state index contributed by atoms with van der Waals surface area (Å²) < 4.78 is 2.21. The Morgan fingerprint density at radius 3 is 2.93 bits per heavy atom. The summed E-state index contributed by atoms with van der Waals surface area (Å²) in [6.07, 6.45) is 5.61. The summed E-state index contributed by atoms with van der Waals surface area (Å²) in [6, 6.07) is 0. The fourth-order valence-electron chi connectivity index (χ4n) is 1.76. The molecule has 78 valence electrons. The van der Waals surface area contributed by atoms with Crippen molar-refractivity contribution in [2.45, 2.75) is 45.3 Å². The Morgan fingerprint density at radius 1 is 1.50 bits per heavy atom. The quantitative estimate of drug-likeness (QED) is 0.725. The fourth-order valence-corrected chi connectivity index (χ4v) is 1.76. The van der Waals surface area contributed by atoms with Crippen LogP contribution in [0.2, 0.25) is 0 Å². The van der Waals surface area contributed by atoms with Gasteiger partial charge in [0.2, 0.25) is 0 Å². The van der Waals surface area contributed by atoms with Crippen molar-refractivity contribution >= 4 is 0 Å². The van der Waals surface area contributed by atoms with E-state index in [9.17, 15) is 0 Å². The first-order chi connectivity index (χ1) is 6.63. The fraction of sp³-hybridized carbons (Fsp3) is 0.700. The first-order valence-electron chi connectivity index (χ1n) is 5.08. The Bertz CT molecular complexity index is 307. The van der Waals surface area contributed by atoms with Crippen LogP contribution >= 0.6 is 0 Å². The molecular formula is C10H17N3O. The summed E-state index contributed by atoms with van der Waals surface area (Å²) in [7, 11) is 0. The lowest BCUT2D eigenvalue weighted by molar-refractivity contribution is -0.0266. The Balaban J connectivity index is 2.32. The third kappa shape index (κ3) is 1.55. The molecule has 1 aromatic heterocycles. The molecule has 0 amide bonds. The minimum Gasteiger partial charge on any atom is -0.335 e. The van der Waals surface area contributed by atoms with Gasteiger partial charge in [0.05, 0.1) is 5.69 Å². The monoisotopic (exact) mass is 195 g/mol. The van der Waals surface area contributed by atoms with Gasteiger partial charge in [0.15, 0.2) is 0 Å². The maximum absolute atomic E-state index is 5.25. The van der Waals surface area contributed by atoms with E-state index in [0.29, 0.717) is 0 Å². The maximum Gasteiger partial charge on any atom is 0.127 e. The van der Waals surface area contributed by atoms with Gasteiger partial charge in [-0.1, -0.05) is 0 Å². The third-order valence-corrected chi connectivity index (χ3v) is 2.82. The molecule has 0 unspecified atom stereocenters. The molecule has 0 saturated carbocycles. The van der Waals surface area contributed by atoms with E-state index < -0.39 is 5.60 Å². The number of rotatable bonds is 2. The van der Waals surface area contributed by atoms with Crippen molar-refractivity contribution in [3.05, 3.63) is 17.7 Å². The molecule has 1 aliphatic heterocycles. The van der Waals surface area contributed by atoms with E-state index in [4.69, 9.17) is 10.7 Å². The van der Waals surface area contributed by atoms with E-state index in [-0.39, 0.29) is 0 Å². The van der Waals surface area contributed by atoms with Gasteiger partial charge in [0.1, 0.15) is 11.4 Å². The van der Waals surface area contributed by atoms with Crippen LogP contribution in [0.25, 0.3) is 0 Å². The van der Waals surface area contributed by atoms with Gasteiger partial charge < -0.3 is 4.57 Å². The highest BCUT2D eigenvalue weighted by Crippen LogP contribution is 2.24. The Morgan fingerprint density at radius 2 is 2.29 bits per heavy atom. The third-order valence-electron chi connectivity index (χ3n) is 2.82. The van der Waals surface area contributed by atoms with E-state index in [1.54, 1.807) is 0 Å². The highest BCUT2D eigenvalue weighted by molar-refractivity contribution is 5.12. The molecule has 1 aromatic rings. The minimum atomic E-state index is -0.482.